The molecule has 0 spiro atoms. The third-order valence-electron chi connectivity index (χ3n) is 3.21. The summed E-state index contributed by atoms with van der Waals surface area (Å²) in [4.78, 5) is 22.3. The molecule has 1 aliphatic heterocycles. The Kier molecular flexibility index (Phi) is 3.39. The van der Waals surface area contributed by atoms with Crippen LogP contribution in [0.3, 0.4) is 0 Å². The first-order valence-corrected chi connectivity index (χ1v) is 6.75. The van der Waals surface area contributed by atoms with Crippen LogP contribution in [-0.2, 0) is 4.74 Å². The van der Waals surface area contributed by atoms with Crippen molar-refractivity contribution in [3.05, 3.63) is 16.7 Å². The molecule has 3 rings (SSSR count). The number of aliphatic hydroxyl groups excluding tert-OH is 3. The number of imidazole rings is 1. The van der Waals surface area contributed by atoms with E-state index in [2.05, 4.69) is 31.8 Å². The maximum atomic E-state index is 11.7. The fraction of sp³-hybridized carbons (Fsp3) is 0.500. The fourth-order valence-electron chi connectivity index (χ4n) is 2.21. The van der Waals surface area contributed by atoms with E-state index in [1.165, 1.54) is 10.9 Å². The molecule has 0 amide bonds. The van der Waals surface area contributed by atoms with Gasteiger partial charge in [0, 0.05) is 0 Å². The molecule has 4 N–H and O–H groups in total. The van der Waals surface area contributed by atoms with Gasteiger partial charge in [-0.15, -0.1) is 0 Å². The summed E-state index contributed by atoms with van der Waals surface area (Å²) in [6.07, 6.45) is -3.03. The number of fused-ring (bicyclic) bond motifs is 1. The summed E-state index contributed by atoms with van der Waals surface area (Å²) >= 11 is 2.10. The summed E-state index contributed by atoms with van der Waals surface area (Å²) in [5.41, 5.74) is -0.0622. The average molecular weight is 342 g/mol. The molecular formula is C10H11AsN4O5. The Labute approximate surface area is 120 Å². The van der Waals surface area contributed by atoms with E-state index in [1.54, 1.807) is 0 Å². The van der Waals surface area contributed by atoms with Crippen molar-refractivity contribution in [3.8, 4) is 0 Å². The van der Waals surface area contributed by atoms with Crippen molar-refractivity contribution in [2.45, 2.75) is 24.5 Å². The van der Waals surface area contributed by atoms with E-state index < -0.39 is 36.7 Å². The van der Waals surface area contributed by atoms with Gasteiger partial charge in [-0.3, -0.25) is 0 Å². The van der Waals surface area contributed by atoms with E-state index in [4.69, 9.17) is 9.84 Å². The van der Waals surface area contributed by atoms with E-state index in [9.17, 15) is 15.0 Å². The van der Waals surface area contributed by atoms with Crippen molar-refractivity contribution in [1.29, 1.82) is 0 Å². The second-order valence-electron chi connectivity index (χ2n) is 4.44. The van der Waals surface area contributed by atoms with Crippen LogP contribution in [0.2, 0.25) is 0 Å². The van der Waals surface area contributed by atoms with Gasteiger partial charge < -0.3 is 0 Å². The number of aliphatic hydroxyl groups is 3. The molecule has 20 heavy (non-hydrogen) atoms. The van der Waals surface area contributed by atoms with Crippen molar-refractivity contribution in [2.24, 2.45) is 0 Å². The Bertz CT molecular complexity index is 701. The number of hydrogen-bond acceptors (Lipinski definition) is 7. The topological polar surface area (TPSA) is 133 Å². The molecule has 106 valence electrons. The van der Waals surface area contributed by atoms with Crippen LogP contribution in [-0.4, -0.2) is 76.6 Å². The molecule has 3 heterocycles. The monoisotopic (exact) mass is 342 g/mol. The third kappa shape index (κ3) is 1.98. The van der Waals surface area contributed by atoms with Crippen LogP contribution in [0.25, 0.3) is 11.2 Å². The minimum absolute atomic E-state index is 0.109. The Morgan fingerprint density at radius 3 is 2.85 bits per heavy atom. The van der Waals surface area contributed by atoms with Crippen molar-refractivity contribution >= 4 is 32.6 Å². The molecule has 9 nitrogen and oxygen atoms in total. The summed E-state index contributed by atoms with van der Waals surface area (Å²) in [6.45, 7) is -0.425. The van der Waals surface area contributed by atoms with Gasteiger partial charge in [-0.2, -0.15) is 0 Å². The zero-order chi connectivity index (χ0) is 14.4. The molecule has 2 aromatic rings. The van der Waals surface area contributed by atoms with Gasteiger partial charge in [-0.25, -0.2) is 0 Å². The van der Waals surface area contributed by atoms with Gasteiger partial charge in [0.2, 0.25) is 0 Å². The fourth-order valence-corrected chi connectivity index (χ4v) is 2.62. The first-order valence-electron chi connectivity index (χ1n) is 5.81. The molecule has 1 fully saturated rings. The molecule has 4 unspecified atom stereocenters. The molecule has 0 saturated carbocycles. The van der Waals surface area contributed by atoms with Gasteiger partial charge in [0.25, 0.3) is 0 Å². The zero-order valence-corrected chi connectivity index (χ0v) is 11.9. The average Bonchev–Trinajstić information content (AvgIpc) is 2.93. The molecular weight excluding hydrogens is 331 g/mol. The summed E-state index contributed by atoms with van der Waals surface area (Å²) in [5.74, 6) is 0. The maximum absolute atomic E-state index is 11.7. The Hall–Kier alpha value is -1.25. The van der Waals surface area contributed by atoms with E-state index >= 15 is 0 Å². The van der Waals surface area contributed by atoms with Crippen LogP contribution in [0, 0.1) is 0 Å². The molecule has 2 radical (unpaired) electrons. The minimum atomic E-state index is -1.25. The van der Waals surface area contributed by atoms with E-state index in [-0.39, 0.29) is 11.2 Å². The predicted molar refractivity (Wildman–Crippen MR) is 66.5 cm³/mol. The van der Waals surface area contributed by atoms with Crippen LogP contribution in [0.5, 0.6) is 0 Å². The Morgan fingerprint density at radius 2 is 2.20 bits per heavy atom. The SMILES string of the molecule is O=c1[nH]c([As])nc2c1ncn2C1OC(CO)C(O)C1O. The van der Waals surface area contributed by atoms with E-state index in [1.807, 2.05) is 0 Å². The predicted octanol–water partition coefficient (Wildman–Crippen LogP) is -3.48. The summed E-state index contributed by atoms with van der Waals surface area (Å²) < 4.78 is 7.09. The van der Waals surface area contributed by atoms with Crippen LogP contribution >= 0.6 is 0 Å². The normalized spacial score (nSPS) is 30.2. The standard InChI is InChI=1S/C10H11AsN4O5/c11-10-13-7-4(8(19)14-10)12-2-15(7)9-6(18)5(17)3(1-16)20-9/h2-3,5-6,9,16-18H,1H2,(H,13,14,19). The number of aromatic amines is 1. The van der Waals surface area contributed by atoms with Gasteiger partial charge in [0.05, 0.1) is 0 Å². The van der Waals surface area contributed by atoms with Gasteiger partial charge in [-0.1, -0.05) is 0 Å². The first kappa shape index (κ1) is 13.7. The Balaban J connectivity index is 2.09. The number of nitrogens with one attached hydrogen (secondary N) is 1. The number of nitrogens with zero attached hydrogens (tertiary/aromatic N) is 3. The number of rotatable bonds is 2. The van der Waals surface area contributed by atoms with Crippen molar-refractivity contribution in [3.63, 3.8) is 0 Å². The first-order chi connectivity index (χ1) is 9.52. The quantitative estimate of drug-likeness (QED) is 0.417. The molecule has 1 saturated heterocycles. The summed E-state index contributed by atoms with van der Waals surface area (Å²) in [6, 6.07) is 0. The van der Waals surface area contributed by atoms with Gasteiger partial charge in [0.1, 0.15) is 0 Å². The van der Waals surface area contributed by atoms with Crippen molar-refractivity contribution in [1.82, 2.24) is 19.5 Å². The molecule has 10 heteroatoms. The van der Waals surface area contributed by atoms with Crippen LogP contribution in [0.15, 0.2) is 11.1 Å². The molecule has 4 atom stereocenters. The number of H-pyrrole nitrogens is 1. The van der Waals surface area contributed by atoms with Gasteiger partial charge in [0.15, 0.2) is 0 Å². The van der Waals surface area contributed by atoms with Crippen LogP contribution in [0.4, 0.5) is 0 Å². The summed E-state index contributed by atoms with van der Waals surface area (Å²) in [5, 5.41) is 28.8. The molecule has 1 aliphatic rings. The zero-order valence-electron chi connectivity index (χ0n) is 10.0. The van der Waals surface area contributed by atoms with E-state index in [0.29, 0.717) is 4.61 Å². The molecule has 0 aliphatic carbocycles. The molecule has 0 bridgehead atoms. The third-order valence-corrected chi connectivity index (χ3v) is 3.66. The van der Waals surface area contributed by atoms with Gasteiger partial charge in [-0.05, 0) is 0 Å². The summed E-state index contributed by atoms with van der Waals surface area (Å²) in [7, 11) is 0. The van der Waals surface area contributed by atoms with Gasteiger partial charge >= 0.3 is 120 Å². The number of aromatic nitrogens is 4. The molecule has 0 aromatic carbocycles. The second-order valence-corrected chi connectivity index (χ2v) is 5.33. The number of hydrogen-bond donors (Lipinski definition) is 4. The van der Waals surface area contributed by atoms with Crippen LogP contribution in [0.1, 0.15) is 6.23 Å². The molecule has 2 aromatic heterocycles. The van der Waals surface area contributed by atoms with Crippen molar-refractivity contribution < 1.29 is 20.1 Å². The van der Waals surface area contributed by atoms with Crippen LogP contribution < -0.4 is 10.2 Å². The van der Waals surface area contributed by atoms with E-state index in [0.717, 1.165) is 0 Å². The van der Waals surface area contributed by atoms with Crippen molar-refractivity contribution in [2.75, 3.05) is 6.61 Å². The second kappa shape index (κ2) is 4.94. The Morgan fingerprint density at radius 1 is 1.45 bits per heavy atom. The number of ether oxygens (including phenoxy) is 1.